The lowest BCUT2D eigenvalue weighted by Gasteiger charge is -2.12. The maximum Gasteiger partial charge on any atom is 0.419 e. The van der Waals surface area contributed by atoms with E-state index in [1.807, 2.05) is 0 Å². The summed E-state index contributed by atoms with van der Waals surface area (Å²) in [5, 5.41) is 8.66. The summed E-state index contributed by atoms with van der Waals surface area (Å²) < 4.78 is 64.2. The SMILES string of the molecule is CS(=O)(=O)c1ncc(C(F)(F)F)c(-c2cn(C(=O)O)c3ccccc23)n1. The van der Waals surface area contributed by atoms with Gasteiger partial charge in [0.2, 0.25) is 15.0 Å². The highest BCUT2D eigenvalue weighted by Gasteiger charge is 2.37. The molecule has 3 aromatic rings. The Hall–Kier alpha value is -2.95. The van der Waals surface area contributed by atoms with Crippen molar-refractivity contribution in [2.75, 3.05) is 6.26 Å². The second kappa shape index (κ2) is 5.80. The number of fused-ring (bicyclic) bond motifs is 1. The van der Waals surface area contributed by atoms with Crippen molar-refractivity contribution in [1.82, 2.24) is 14.5 Å². The number of halogens is 3. The van der Waals surface area contributed by atoms with Crippen molar-refractivity contribution in [1.29, 1.82) is 0 Å². The van der Waals surface area contributed by atoms with Crippen molar-refractivity contribution in [2.45, 2.75) is 11.3 Å². The monoisotopic (exact) mass is 385 g/mol. The Balaban J connectivity index is 2.43. The number of aromatic nitrogens is 3. The largest absolute Gasteiger partial charge is 0.464 e. The molecule has 0 atom stereocenters. The van der Waals surface area contributed by atoms with Gasteiger partial charge in [0.15, 0.2) is 0 Å². The van der Waals surface area contributed by atoms with Crippen LogP contribution in [0.25, 0.3) is 22.2 Å². The first-order chi connectivity index (χ1) is 12.0. The molecule has 2 heterocycles. The van der Waals surface area contributed by atoms with Crippen molar-refractivity contribution >= 4 is 26.8 Å². The minimum Gasteiger partial charge on any atom is -0.464 e. The van der Waals surface area contributed by atoms with Crippen molar-refractivity contribution < 1.29 is 31.5 Å². The molecule has 0 bridgehead atoms. The van der Waals surface area contributed by atoms with Gasteiger partial charge < -0.3 is 5.11 Å². The second-order valence-corrected chi connectivity index (χ2v) is 7.31. The van der Waals surface area contributed by atoms with Crippen molar-refractivity contribution in [3.63, 3.8) is 0 Å². The predicted octanol–water partition coefficient (Wildman–Crippen LogP) is 3.05. The third-order valence-corrected chi connectivity index (χ3v) is 4.44. The Labute approximate surface area is 144 Å². The number of sulfone groups is 1. The van der Waals surface area contributed by atoms with Crippen molar-refractivity contribution in [3.05, 3.63) is 42.2 Å². The molecular weight excluding hydrogens is 375 g/mol. The van der Waals surface area contributed by atoms with E-state index in [1.165, 1.54) is 24.3 Å². The van der Waals surface area contributed by atoms with E-state index in [-0.39, 0.29) is 16.5 Å². The van der Waals surface area contributed by atoms with E-state index in [0.717, 1.165) is 17.0 Å². The predicted molar refractivity (Wildman–Crippen MR) is 84.5 cm³/mol. The highest BCUT2D eigenvalue weighted by atomic mass is 32.2. The number of benzene rings is 1. The summed E-state index contributed by atoms with van der Waals surface area (Å²) in [6.45, 7) is 0. The van der Waals surface area contributed by atoms with Gasteiger partial charge in [0.25, 0.3) is 0 Å². The van der Waals surface area contributed by atoms with Crippen LogP contribution in [0.15, 0.2) is 41.8 Å². The molecule has 11 heteroatoms. The highest BCUT2D eigenvalue weighted by Crippen LogP contribution is 2.39. The van der Waals surface area contributed by atoms with Gasteiger partial charge in [0.05, 0.1) is 11.2 Å². The number of hydrogen-bond acceptors (Lipinski definition) is 5. The van der Waals surface area contributed by atoms with Gasteiger partial charge in [-0.25, -0.2) is 23.2 Å². The normalized spacial score (nSPS) is 12.5. The number of alkyl halides is 3. The molecule has 0 saturated carbocycles. The molecule has 0 spiro atoms. The molecule has 3 rings (SSSR count). The minimum absolute atomic E-state index is 0.141. The fraction of sp³-hybridized carbons (Fsp3) is 0.133. The van der Waals surface area contributed by atoms with Crippen LogP contribution in [0.4, 0.5) is 18.0 Å². The maximum atomic E-state index is 13.4. The van der Waals surface area contributed by atoms with E-state index in [1.54, 1.807) is 0 Å². The smallest absolute Gasteiger partial charge is 0.419 e. The molecule has 0 aliphatic heterocycles. The second-order valence-electron chi connectivity index (χ2n) is 5.40. The Morgan fingerprint density at radius 3 is 2.46 bits per heavy atom. The molecule has 7 nitrogen and oxygen atoms in total. The first-order valence-corrected chi connectivity index (χ1v) is 8.87. The molecule has 1 N–H and O–H groups in total. The average molecular weight is 385 g/mol. The molecule has 0 unspecified atom stereocenters. The fourth-order valence-corrected chi connectivity index (χ4v) is 2.98. The molecule has 1 aromatic carbocycles. The highest BCUT2D eigenvalue weighted by molar-refractivity contribution is 7.90. The number of para-hydroxylation sites is 1. The molecule has 0 saturated heterocycles. The lowest BCUT2D eigenvalue weighted by atomic mass is 10.1. The molecule has 0 fully saturated rings. The van der Waals surface area contributed by atoms with Gasteiger partial charge in [-0.3, -0.25) is 4.57 Å². The van der Waals surface area contributed by atoms with Gasteiger partial charge in [0.1, 0.15) is 5.56 Å². The van der Waals surface area contributed by atoms with Gasteiger partial charge >= 0.3 is 12.3 Å². The zero-order valence-corrected chi connectivity index (χ0v) is 13.8. The van der Waals surface area contributed by atoms with E-state index in [9.17, 15) is 31.5 Å². The molecule has 0 amide bonds. The number of hydrogen-bond donors (Lipinski definition) is 1. The third kappa shape index (κ3) is 3.01. The first kappa shape index (κ1) is 17.9. The molecule has 2 aromatic heterocycles. The van der Waals surface area contributed by atoms with E-state index >= 15 is 0 Å². The summed E-state index contributed by atoms with van der Waals surface area (Å²) in [6, 6.07) is 5.88. The Morgan fingerprint density at radius 1 is 1.23 bits per heavy atom. The average Bonchev–Trinajstić information content (AvgIpc) is 2.92. The molecular formula is C15H10F3N3O4S. The Kier molecular flexibility index (Phi) is 3.98. The summed E-state index contributed by atoms with van der Waals surface area (Å²) in [6.07, 6.45) is -4.15. The van der Waals surface area contributed by atoms with E-state index in [0.29, 0.717) is 6.20 Å². The molecule has 0 aliphatic rings. The van der Waals surface area contributed by atoms with E-state index < -0.39 is 38.5 Å². The standard InChI is InChI=1S/C15H10F3N3O4S/c1-26(24,25)13-19-6-10(15(16,17)18)12(20-13)9-7-21(14(22)23)11-5-3-2-4-8(9)11/h2-7H,1H3,(H,22,23). The van der Waals surface area contributed by atoms with Gasteiger partial charge in [-0.1, -0.05) is 18.2 Å². The van der Waals surface area contributed by atoms with Crippen LogP contribution in [0.1, 0.15) is 5.56 Å². The Bertz CT molecular complexity index is 1140. The van der Waals surface area contributed by atoms with Crippen LogP contribution >= 0.6 is 0 Å². The van der Waals surface area contributed by atoms with Crippen LogP contribution in [0.5, 0.6) is 0 Å². The van der Waals surface area contributed by atoms with Gasteiger partial charge in [-0.2, -0.15) is 13.2 Å². The van der Waals surface area contributed by atoms with E-state index in [2.05, 4.69) is 9.97 Å². The maximum absolute atomic E-state index is 13.4. The lowest BCUT2D eigenvalue weighted by molar-refractivity contribution is -0.137. The van der Waals surface area contributed by atoms with Crippen LogP contribution < -0.4 is 0 Å². The summed E-state index contributed by atoms with van der Waals surface area (Å²) in [7, 11) is -3.97. The molecule has 136 valence electrons. The zero-order chi connectivity index (χ0) is 19.3. The van der Waals surface area contributed by atoms with Gasteiger partial charge in [-0.05, 0) is 6.07 Å². The summed E-state index contributed by atoms with van der Waals surface area (Å²) in [4.78, 5) is 18.2. The third-order valence-electron chi connectivity index (χ3n) is 3.58. The molecule has 26 heavy (non-hydrogen) atoms. The van der Waals surface area contributed by atoms with Crippen LogP contribution in [0.3, 0.4) is 0 Å². The van der Waals surface area contributed by atoms with Crippen molar-refractivity contribution in [3.8, 4) is 11.3 Å². The fourth-order valence-electron chi connectivity index (χ4n) is 2.48. The summed E-state index contributed by atoms with van der Waals surface area (Å²) in [5.74, 6) is 0. The topological polar surface area (TPSA) is 102 Å². The summed E-state index contributed by atoms with van der Waals surface area (Å²) in [5.41, 5.74) is -1.99. The van der Waals surface area contributed by atoms with Crippen LogP contribution in [0, 0.1) is 0 Å². The quantitative estimate of drug-likeness (QED) is 0.681. The number of rotatable bonds is 2. The zero-order valence-electron chi connectivity index (χ0n) is 13.0. The number of carbonyl (C=O) groups is 1. The number of carboxylic acid groups (broad SMARTS) is 1. The summed E-state index contributed by atoms with van der Waals surface area (Å²) >= 11 is 0. The lowest BCUT2D eigenvalue weighted by Crippen LogP contribution is -2.13. The van der Waals surface area contributed by atoms with Gasteiger partial charge in [-0.15, -0.1) is 0 Å². The molecule has 0 radical (unpaired) electrons. The van der Waals surface area contributed by atoms with Crippen molar-refractivity contribution in [2.24, 2.45) is 0 Å². The van der Waals surface area contributed by atoms with E-state index in [4.69, 9.17) is 0 Å². The number of nitrogens with zero attached hydrogens (tertiary/aromatic N) is 3. The molecule has 0 aliphatic carbocycles. The van der Waals surface area contributed by atoms with Crippen LogP contribution in [-0.2, 0) is 16.0 Å². The van der Waals surface area contributed by atoms with Crippen LogP contribution in [-0.4, -0.2) is 40.4 Å². The minimum atomic E-state index is -4.86. The van der Waals surface area contributed by atoms with Crippen LogP contribution in [0.2, 0.25) is 0 Å². The van der Waals surface area contributed by atoms with Gasteiger partial charge in [0, 0.05) is 29.6 Å². The first-order valence-electron chi connectivity index (χ1n) is 6.98. The Morgan fingerprint density at radius 2 is 1.88 bits per heavy atom.